The predicted molar refractivity (Wildman–Crippen MR) is 80.4 cm³/mol. The molecule has 0 amide bonds. The number of rotatable bonds is 4. The van der Waals surface area contributed by atoms with Crippen LogP contribution in [0.2, 0.25) is 0 Å². The fourth-order valence-corrected chi connectivity index (χ4v) is 4.28. The molecule has 4 heteroatoms. The van der Waals surface area contributed by atoms with Crippen LogP contribution in [0.5, 0.6) is 0 Å². The Labute approximate surface area is 120 Å². The van der Waals surface area contributed by atoms with E-state index in [0.29, 0.717) is 0 Å². The van der Waals surface area contributed by atoms with Gasteiger partial charge in [-0.3, -0.25) is 0 Å². The highest BCUT2D eigenvalue weighted by atomic mass is 32.2. The van der Waals surface area contributed by atoms with E-state index >= 15 is 0 Å². The van der Waals surface area contributed by atoms with E-state index in [0.717, 1.165) is 42.8 Å². The highest BCUT2D eigenvalue weighted by Gasteiger charge is 2.19. The van der Waals surface area contributed by atoms with Crippen LogP contribution in [0.25, 0.3) is 0 Å². The zero-order valence-electron chi connectivity index (χ0n) is 11.7. The number of thioether (sulfide) groups is 1. The van der Waals surface area contributed by atoms with Crippen LogP contribution in [0, 0.1) is 0 Å². The van der Waals surface area contributed by atoms with Gasteiger partial charge >= 0.3 is 0 Å². The Hall–Kier alpha value is -0.610. The van der Waals surface area contributed by atoms with Gasteiger partial charge in [-0.05, 0) is 37.8 Å². The zero-order chi connectivity index (χ0) is 13.1. The molecule has 2 heterocycles. The Morgan fingerprint density at radius 2 is 2.11 bits per heavy atom. The number of fused-ring (bicyclic) bond motifs is 1. The van der Waals surface area contributed by atoms with E-state index in [4.69, 9.17) is 9.97 Å². The SMILES string of the molecule is CCc1nc(CSC2CCCC2)nc2c1CCNC2. The van der Waals surface area contributed by atoms with Crippen molar-refractivity contribution in [2.75, 3.05) is 6.54 Å². The second kappa shape index (κ2) is 6.23. The first-order valence-electron chi connectivity index (χ1n) is 7.56. The van der Waals surface area contributed by atoms with Crippen LogP contribution in [0.15, 0.2) is 0 Å². The van der Waals surface area contributed by atoms with Crippen LogP contribution in [0.1, 0.15) is 55.4 Å². The molecule has 0 saturated heterocycles. The summed E-state index contributed by atoms with van der Waals surface area (Å²) in [4.78, 5) is 9.59. The zero-order valence-corrected chi connectivity index (χ0v) is 12.6. The molecule has 104 valence electrons. The lowest BCUT2D eigenvalue weighted by atomic mass is 10.0. The third-order valence-corrected chi connectivity index (χ3v) is 5.52. The summed E-state index contributed by atoms with van der Waals surface area (Å²) in [5, 5.41) is 4.27. The van der Waals surface area contributed by atoms with Crippen molar-refractivity contribution in [3.8, 4) is 0 Å². The standard InChI is InChI=1S/C15H23N3S/c1-2-13-12-7-8-16-9-14(12)18-15(17-13)10-19-11-5-3-4-6-11/h11,16H,2-10H2,1H3. The molecule has 0 bridgehead atoms. The molecule has 0 unspecified atom stereocenters. The maximum Gasteiger partial charge on any atom is 0.138 e. The minimum atomic E-state index is 0.850. The normalized spacial score (nSPS) is 19.6. The van der Waals surface area contributed by atoms with Crippen LogP contribution < -0.4 is 5.32 Å². The van der Waals surface area contributed by atoms with Crippen LogP contribution in [-0.4, -0.2) is 21.8 Å². The molecule has 1 N–H and O–H groups in total. The fraction of sp³-hybridized carbons (Fsp3) is 0.733. The Morgan fingerprint density at radius 3 is 2.89 bits per heavy atom. The fourth-order valence-electron chi connectivity index (χ4n) is 3.10. The first-order valence-corrected chi connectivity index (χ1v) is 8.61. The largest absolute Gasteiger partial charge is 0.311 e. The number of hydrogen-bond donors (Lipinski definition) is 1. The van der Waals surface area contributed by atoms with Crippen molar-refractivity contribution in [3.63, 3.8) is 0 Å². The second-order valence-electron chi connectivity index (χ2n) is 5.51. The van der Waals surface area contributed by atoms with Crippen molar-refractivity contribution in [2.24, 2.45) is 0 Å². The molecule has 1 aliphatic carbocycles. The molecule has 1 aromatic rings. The Kier molecular flexibility index (Phi) is 4.38. The molecule has 2 aliphatic rings. The van der Waals surface area contributed by atoms with E-state index in [1.54, 1.807) is 0 Å². The van der Waals surface area contributed by atoms with Gasteiger partial charge in [-0.25, -0.2) is 9.97 Å². The quantitative estimate of drug-likeness (QED) is 0.918. The number of nitrogens with zero attached hydrogens (tertiary/aromatic N) is 2. The number of aromatic nitrogens is 2. The average Bonchev–Trinajstić information content (AvgIpc) is 2.97. The predicted octanol–water partition coefficient (Wildman–Crippen LogP) is 2.86. The molecule has 1 aromatic heterocycles. The highest BCUT2D eigenvalue weighted by molar-refractivity contribution is 7.99. The molecule has 3 rings (SSSR count). The Morgan fingerprint density at radius 1 is 1.26 bits per heavy atom. The molecule has 3 nitrogen and oxygen atoms in total. The van der Waals surface area contributed by atoms with E-state index in [9.17, 15) is 0 Å². The smallest absolute Gasteiger partial charge is 0.138 e. The molecule has 1 aliphatic heterocycles. The van der Waals surface area contributed by atoms with Crippen LogP contribution in [0.4, 0.5) is 0 Å². The van der Waals surface area contributed by atoms with Crippen LogP contribution >= 0.6 is 11.8 Å². The molecular weight excluding hydrogens is 254 g/mol. The Balaban J connectivity index is 1.73. The summed E-state index contributed by atoms with van der Waals surface area (Å²) in [5.74, 6) is 2.04. The van der Waals surface area contributed by atoms with Gasteiger partial charge < -0.3 is 5.32 Å². The lowest BCUT2D eigenvalue weighted by molar-refractivity contribution is 0.611. The molecule has 1 saturated carbocycles. The van der Waals surface area contributed by atoms with Gasteiger partial charge in [0.05, 0.1) is 11.4 Å². The van der Waals surface area contributed by atoms with Gasteiger partial charge in [-0.1, -0.05) is 19.8 Å². The monoisotopic (exact) mass is 277 g/mol. The van der Waals surface area contributed by atoms with E-state index in [1.807, 2.05) is 0 Å². The Bertz CT molecular complexity index is 424. The lowest BCUT2D eigenvalue weighted by Crippen LogP contribution is -2.27. The van der Waals surface area contributed by atoms with E-state index in [2.05, 4.69) is 24.0 Å². The summed E-state index contributed by atoms with van der Waals surface area (Å²) in [5.41, 5.74) is 3.95. The van der Waals surface area contributed by atoms with E-state index in [-0.39, 0.29) is 0 Å². The summed E-state index contributed by atoms with van der Waals surface area (Å²) < 4.78 is 0. The van der Waals surface area contributed by atoms with Crippen LogP contribution in [-0.2, 0) is 25.1 Å². The summed E-state index contributed by atoms with van der Waals surface area (Å²) in [6, 6.07) is 0. The number of hydrogen-bond acceptors (Lipinski definition) is 4. The molecule has 19 heavy (non-hydrogen) atoms. The minimum Gasteiger partial charge on any atom is -0.311 e. The van der Waals surface area contributed by atoms with Crippen molar-refractivity contribution < 1.29 is 0 Å². The lowest BCUT2D eigenvalue weighted by Gasteiger charge is -2.20. The van der Waals surface area contributed by atoms with Gasteiger partial charge in [0, 0.05) is 17.5 Å². The number of aryl methyl sites for hydroxylation is 1. The van der Waals surface area contributed by atoms with Crippen molar-refractivity contribution >= 4 is 11.8 Å². The molecule has 1 fully saturated rings. The summed E-state index contributed by atoms with van der Waals surface area (Å²) in [6.07, 6.45) is 7.72. The average molecular weight is 277 g/mol. The third kappa shape index (κ3) is 3.11. The molecule has 0 spiro atoms. The first kappa shape index (κ1) is 13.4. The van der Waals surface area contributed by atoms with Gasteiger partial charge in [0.15, 0.2) is 0 Å². The molecular formula is C15H23N3S. The van der Waals surface area contributed by atoms with E-state index in [1.165, 1.54) is 42.6 Å². The minimum absolute atomic E-state index is 0.850. The number of nitrogens with one attached hydrogen (secondary N) is 1. The second-order valence-corrected chi connectivity index (χ2v) is 6.80. The highest BCUT2D eigenvalue weighted by Crippen LogP contribution is 2.31. The third-order valence-electron chi connectivity index (χ3n) is 4.15. The maximum absolute atomic E-state index is 4.81. The van der Waals surface area contributed by atoms with Gasteiger partial charge in [0.2, 0.25) is 0 Å². The topological polar surface area (TPSA) is 37.8 Å². The first-order chi connectivity index (χ1) is 9.36. The molecule has 0 atom stereocenters. The van der Waals surface area contributed by atoms with Crippen molar-refractivity contribution in [3.05, 3.63) is 22.8 Å². The summed E-state index contributed by atoms with van der Waals surface area (Å²) in [6.45, 7) is 4.20. The van der Waals surface area contributed by atoms with Crippen molar-refractivity contribution in [1.82, 2.24) is 15.3 Å². The van der Waals surface area contributed by atoms with Crippen molar-refractivity contribution in [2.45, 2.75) is 63.0 Å². The van der Waals surface area contributed by atoms with Gasteiger partial charge in [0.1, 0.15) is 5.82 Å². The summed E-state index contributed by atoms with van der Waals surface area (Å²) >= 11 is 2.06. The maximum atomic E-state index is 4.81. The molecule has 0 radical (unpaired) electrons. The van der Waals surface area contributed by atoms with Crippen LogP contribution in [0.3, 0.4) is 0 Å². The summed E-state index contributed by atoms with van der Waals surface area (Å²) in [7, 11) is 0. The molecule has 0 aromatic carbocycles. The van der Waals surface area contributed by atoms with Crippen molar-refractivity contribution in [1.29, 1.82) is 0 Å². The van der Waals surface area contributed by atoms with Gasteiger partial charge in [0.25, 0.3) is 0 Å². The van der Waals surface area contributed by atoms with Gasteiger partial charge in [-0.2, -0.15) is 11.8 Å². The van der Waals surface area contributed by atoms with Gasteiger partial charge in [-0.15, -0.1) is 0 Å². The van der Waals surface area contributed by atoms with E-state index < -0.39 is 0 Å².